The summed E-state index contributed by atoms with van der Waals surface area (Å²) in [5.41, 5.74) is 7.48. The first-order chi connectivity index (χ1) is 7.75. The van der Waals surface area contributed by atoms with Gasteiger partial charge in [-0.2, -0.15) is 0 Å². The van der Waals surface area contributed by atoms with Crippen molar-refractivity contribution in [2.75, 3.05) is 5.73 Å². The second-order valence-electron chi connectivity index (χ2n) is 3.85. The van der Waals surface area contributed by atoms with Gasteiger partial charge in [-0.05, 0) is 23.8 Å². The number of anilines is 1. The Morgan fingerprint density at radius 2 is 1.81 bits per heavy atom. The molecule has 16 heavy (non-hydrogen) atoms. The highest BCUT2D eigenvalue weighted by Crippen LogP contribution is 2.26. The smallest absolute Gasteiger partial charge is 0.220 e. The van der Waals surface area contributed by atoms with Crippen LogP contribution in [0.1, 0.15) is 5.69 Å². The van der Waals surface area contributed by atoms with Gasteiger partial charge >= 0.3 is 0 Å². The van der Waals surface area contributed by atoms with Crippen molar-refractivity contribution >= 4 is 27.6 Å². The van der Waals surface area contributed by atoms with Crippen LogP contribution in [-0.4, -0.2) is 9.97 Å². The van der Waals surface area contributed by atoms with Gasteiger partial charge in [-0.3, -0.25) is 0 Å². The van der Waals surface area contributed by atoms with E-state index in [4.69, 9.17) is 5.73 Å². The van der Waals surface area contributed by atoms with Crippen molar-refractivity contribution in [2.24, 2.45) is 0 Å². The SMILES string of the molecule is Cc1nc(N)nc2ccc3ccccc3c12. The number of nitrogens with zero attached hydrogens (tertiary/aromatic N) is 2. The number of nitrogen functional groups attached to an aromatic ring is 1. The maximum atomic E-state index is 5.65. The Labute approximate surface area is 92.9 Å². The first-order valence-electron chi connectivity index (χ1n) is 5.17. The van der Waals surface area contributed by atoms with E-state index >= 15 is 0 Å². The molecular weight excluding hydrogens is 198 g/mol. The van der Waals surface area contributed by atoms with Crippen LogP contribution in [0.25, 0.3) is 21.7 Å². The number of aromatic nitrogens is 2. The Hall–Kier alpha value is -2.16. The minimum absolute atomic E-state index is 0.334. The predicted octanol–water partition coefficient (Wildman–Crippen LogP) is 2.67. The molecule has 2 aromatic carbocycles. The molecule has 0 aliphatic carbocycles. The molecule has 3 heteroatoms. The fourth-order valence-electron chi connectivity index (χ4n) is 2.11. The highest BCUT2D eigenvalue weighted by Gasteiger charge is 2.05. The third kappa shape index (κ3) is 1.21. The van der Waals surface area contributed by atoms with Crippen molar-refractivity contribution in [2.45, 2.75) is 6.92 Å². The highest BCUT2D eigenvalue weighted by molar-refractivity contribution is 6.07. The zero-order chi connectivity index (χ0) is 11.1. The number of aryl methyl sites for hydroxylation is 1. The van der Waals surface area contributed by atoms with Crippen LogP contribution in [0.4, 0.5) is 5.95 Å². The molecule has 0 aliphatic heterocycles. The largest absolute Gasteiger partial charge is 0.368 e. The summed E-state index contributed by atoms with van der Waals surface area (Å²) in [7, 11) is 0. The number of hydrogen-bond acceptors (Lipinski definition) is 3. The highest BCUT2D eigenvalue weighted by atomic mass is 15.0. The lowest BCUT2D eigenvalue weighted by Gasteiger charge is -2.06. The summed E-state index contributed by atoms with van der Waals surface area (Å²) in [6.45, 7) is 1.97. The van der Waals surface area contributed by atoms with E-state index in [1.807, 2.05) is 25.1 Å². The number of fused-ring (bicyclic) bond motifs is 3. The zero-order valence-corrected chi connectivity index (χ0v) is 8.94. The Morgan fingerprint density at radius 1 is 1.00 bits per heavy atom. The molecule has 0 aliphatic rings. The topological polar surface area (TPSA) is 51.8 Å². The summed E-state index contributed by atoms with van der Waals surface area (Å²) in [5, 5.41) is 3.47. The summed E-state index contributed by atoms with van der Waals surface area (Å²) in [6.07, 6.45) is 0. The summed E-state index contributed by atoms with van der Waals surface area (Å²) < 4.78 is 0. The maximum absolute atomic E-state index is 5.65. The molecule has 0 spiro atoms. The van der Waals surface area contributed by atoms with Gasteiger partial charge in [-0.15, -0.1) is 0 Å². The molecule has 0 radical (unpaired) electrons. The average molecular weight is 209 g/mol. The molecule has 78 valence electrons. The van der Waals surface area contributed by atoms with Gasteiger partial charge in [0.05, 0.1) is 11.2 Å². The minimum atomic E-state index is 0.334. The van der Waals surface area contributed by atoms with Crippen LogP contribution in [0.15, 0.2) is 36.4 Å². The van der Waals surface area contributed by atoms with Gasteiger partial charge in [0.15, 0.2) is 0 Å². The molecule has 0 unspecified atom stereocenters. The lowest BCUT2D eigenvalue weighted by molar-refractivity contribution is 1.17. The van der Waals surface area contributed by atoms with Crippen molar-refractivity contribution < 1.29 is 0 Å². The monoisotopic (exact) mass is 209 g/mol. The summed E-state index contributed by atoms with van der Waals surface area (Å²) in [4.78, 5) is 8.47. The van der Waals surface area contributed by atoms with Crippen LogP contribution in [0.2, 0.25) is 0 Å². The fraction of sp³-hybridized carbons (Fsp3) is 0.0769. The predicted molar refractivity (Wildman–Crippen MR) is 66.2 cm³/mol. The maximum Gasteiger partial charge on any atom is 0.220 e. The van der Waals surface area contributed by atoms with E-state index in [-0.39, 0.29) is 0 Å². The van der Waals surface area contributed by atoms with E-state index in [1.165, 1.54) is 10.8 Å². The van der Waals surface area contributed by atoms with E-state index in [9.17, 15) is 0 Å². The molecule has 0 atom stereocenters. The number of benzene rings is 2. The Balaban J connectivity index is 2.60. The van der Waals surface area contributed by atoms with Gasteiger partial charge in [0.25, 0.3) is 0 Å². The molecule has 3 rings (SSSR count). The molecule has 0 bridgehead atoms. The summed E-state index contributed by atoms with van der Waals surface area (Å²) >= 11 is 0. The molecule has 3 nitrogen and oxygen atoms in total. The Bertz CT molecular complexity index is 689. The molecule has 1 heterocycles. The van der Waals surface area contributed by atoms with Gasteiger partial charge in [-0.1, -0.05) is 30.3 Å². The average Bonchev–Trinajstić information content (AvgIpc) is 2.28. The Morgan fingerprint density at radius 3 is 2.69 bits per heavy atom. The molecule has 2 N–H and O–H groups in total. The number of hydrogen-bond donors (Lipinski definition) is 1. The van der Waals surface area contributed by atoms with Gasteiger partial charge in [0.1, 0.15) is 0 Å². The lowest BCUT2D eigenvalue weighted by Crippen LogP contribution is -1.97. The standard InChI is InChI=1S/C13H11N3/c1-8-12-10-5-3-2-4-9(10)6-7-11(12)16-13(14)15-8/h2-7H,1H3,(H2,14,15,16). The van der Waals surface area contributed by atoms with Crippen molar-refractivity contribution in [3.05, 3.63) is 42.1 Å². The first kappa shape index (κ1) is 9.09. The van der Waals surface area contributed by atoms with Crippen molar-refractivity contribution in [1.82, 2.24) is 9.97 Å². The van der Waals surface area contributed by atoms with Crippen LogP contribution in [0.3, 0.4) is 0 Å². The molecule has 0 saturated heterocycles. The van der Waals surface area contributed by atoms with E-state index < -0.39 is 0 Å². The van der Waals surface area contributed by atoms with E-state index in [0.717, 1.165) is 16.6 Å². The van der Waals surface area contributed by atoms with Crippen LogP contribution in [0, 0.1) is 6.92 Å². The van der Waals surface area contributed by atoms with E-state index in [1.54, 1.807) is 0 Å². The van der Waals surface area contributed by atoms with E-state index in [2.05, 4.69) is 28.2 Å². The summed E-state index contributed by atoms with van der Waals surface area (Å²) in [5.74, 6) is 0.334. The van der Waals surface area contributed by atoms with Gasteiger partial charge in [-0.25, -0.2) is 9.97 Å². The van der Waals surface area contributed by atoms with E-state index in [0.29, 0.717) is 5.95 Å². The molecular formula is C13H11N3. The second kappa shape index (κ2) is 3.17. The number of nitrogens with two attached hydrogens (primary N) is 1. The molecule has 1 aromatic heterocycles. The second-order valence-corrected chi connectivity index (χ2v) is 3.85. The normalized spacial score (nSPS) is 11.1. The van der Waals surface area contributed by atoms with Crippen LogP contribution >= 0.6 is 0 Å². The van der Waals surface area contributed by atoms with Crippen molar-refractivity contribution in [3.63, 3.8) is 0 Å². The van der Waals surface area contributed by atoms with Gasteiger partial charge in [0, 0.05) is 5.39 Å². The van der Waals surface area contributed by atoms with Crippen molar-refractivity contribution in [1.29, 1.82) is 0 Å². The molecule has 0 fully saturated rings. The van der Waals surface area contributed by atoms with Crippen molar-refractivity contribution in [3.8, 4) is 0 Å². The van der Waals surface area contributed by atoms with Gasteiger partial charge in [0.2, 0.25) is 5.95 Å². The van der Waals surface area contributed by atoms with Crippen LogP contribution in [-0.2, 0) is 0 Å². The van der Waals surface area contributed by atoms with Gasteiger partial charge < -0.3 is 5.73 Å². The third-order valence-corrected chi connectivity index (χ3v) is 2.79. The number of rotatable bonds is 0. The Kier molecular flexibility index (Phi) is 1.80. The lowest BCUT2D eigenvalue weighted by atomic mass is 10.0. The molecule has 0 saturated carbocycles. The zero-order valence-electron chi connectivity index (χ0n) is 8.94. The fourth-order valence-corrected chi connectivity index (χ4v) is 2.11. The minimum Gasteiger partial charge on any atom is -0.368 e. The third-order valence-electron chi connectivity index (χ3n) is 2.79. The van der Waals surface area contributed by atoms with Crippen LogP contribution < -0.4 is 5.73 Å². The molecule has 3 aromatic rings. The quantitative estimate of drug-likeness (QED) is 0.579. The first-order valence-corrected chi connectivity index (χ1v) is 5.17. The molecule has 0 amide bonds. The summed E-state index contributed by atoms with van der Waals surface area (Å²) in [6, 6.07) is 12.3. The van der Waals surface area contributed by atoms with Crippen LogP contribution in [0.5, 0.6) is 0 Å².